The Morgan fingerprint density at radius 3 is 2.61 bits per heavy atom. The van der Waals surface area contributed by atoms with E-state index in [0.29, 0.717) is 48.6 Å². The highest BCUT2D eigenvalue weighted by molar-refractivity contribution is 6.09. The summed E-state index contributed by atoms with van der Waals surface area (Å²) >= 11 is 0. The van der Waals surface area contributed by atoms with Gasteiger partial charge in [0.2, 0.25) is 5.95 Å². The van der Waals surface area contributed by atoms with Crippen molar-refractivity contribution >= 4 is 23.4 Å². The number of rotatable bonds is 7. The van der Waals surface area contributed by atoms with Crippen molar-refractivity contribution in [1.29, 1.82) is 0 Å². The number of amides is 1. The third-order valence-corrected chi connectivity index (χ3v) is 7.98. The van der Waals surface area contributed by atoms with Crippen LogP contribution < -0.4 is 15.1 Å². The van der Waals surface area contributed by atoms with Gasteiger partial charge in [-0.3, -0.25) is 9.69 Å². The van der Waals surface area contributed by atoms with Gasteiger partial charge in [0.1, 0.15) is 17.1 Å². The van der Waals surface area contributed by atoms with E-state index >= 15 is 0 Å². The fourth-order valence-corrected chi connectivity index (χ4v) is 5.75. The molecular weight excluding hydrogens is 516 g/mol. The van der Waals surface area contributed by atoms with Gasteiger partial charge in [-0.15, -0.1) is 0 Å². The summed E-state index contributed by atoms with van der Waals surface area (Å²) in [7, 11) is 1.95. The molecule has 1 saturated heterocycles. The van der Waals surface area contributed by atoms with Crippen LogP contribution in [0.2, 0.25) is 0 Å². The molecule has 2 N–H and O–H groups in total. The summed E-state index contributed by atoms with van der Waals surface area (Å²) in [5.74, 6) is 1.88. The first-order valence-corrected chi connectivity index (χ1v) is 14.3. The number of phenols is 1. The van der Waals surface area contributed by atoms with Crippen LogP contribution in [0.4, 0.5) is 17.5 Å². The average Bonchev–Trinajstić information content (AvgIpc) is 3.42. The van der Waals surface area contributed by atoms with Crippen molar-refractivity contribution in [2.45, 2.75) is 32.2 Å². The second-order valence-corrected chi connectivity index (χ2v) is 10.8. The van der Waals surface area contributed by atoms with Crippen molar-refractivity contribution in [3.05, 3.63) is 83.8 Å². The van der Waals surface area contributed by atoms with Gasteiger partial charge in [0.15, 0.2) is 0 Å². The number of aromatic hydroxyl groups is 1. The minimum absolute atomic E-state index is 0.111. The van der Waals surface area contributed by atoms with Crippen LogP contribution in [0.1, 0.15) is 47.2 Å². The maximum Gasteiger partial charge on any atom is 0.263 e. The Morgan fingerprint density at radius 1 is 1.00 bits per heavy atom. The topological polar surface area (TPSA) is 103 Å². The molecule has 0 bridgehead atoms. The largest absolute Gasteiger partial charge is 0.508 e. The molecule has 0 spiro atoms. The maximum absolute atomic E-state index is 13.6. The number of aromatic nitrogens is 4. The van der Waals surface area contributed by atoms with E-state index in [2.05, 4.69) is 37.5 Å². The van der Waals surface area contributed by atoms with Crippen LogP contribution in [0.5, 0.6) is 5.75 Å². The second kappa shape index (κ2) is 11.6. The molecule has 2 aliphatic rings. The number of piperidine rings is 1. The van der Waals surface area contributed by atoms with E-state index in [1.165, 1.54) is 5.56 Å². The number of benzene rings is 2. The van der Waals surface area contributed by atoms with Gasteiger partial charge in [-0.2, -0.15) is 10.1 Å². The zero-order valence-corrected chi connectivity index (χ0v) is 23.6. The van der Waals surface area contributed by atoms with Crippen LogP contribution in [0.15, 0.2) is 67.1 Å². The summed E-state index contributed by atoms with van der Waals surface area (Å²) in [4.78, 5) is 28.8. The van der Waals surface area contributed by atoms with Crippen LogP contribution in [0.3, 0.4) is 0 Å². The van der Waals surface area contributed by atoms with Gasteiger partial charge < -0.3 is 20.2 Å². The molecule has 6 rings (SSSR count). The molecule has 1 amide bonds. The SMILES string of the molecule is CCNc1ncc2c(n1)N(C)CCN(c1cccc(-n3cc(CN4CCC(c5cccc(O)c5)CC4)cn3)c1)C2=O. The third-order valence-electron chi connectivity index (χ3n) is 7.98. The number of likely N-dealkylation sites (tertiary alicyclic amines) is 1. The summed E-state index contributed by atoms with van der Waals surface area (Å²) in [6, 6.07) is 15.6. The highest BCUT2D eigenvalue weighted by atomic mass is 16.3. The Kier molecular flexibility index (Phi) is 7.56. The predicted molar refractivity (Wildman–Crippen MR) is 160 cm³/mol. The first-order chi connectivity index (χ1) is 20.0. The van der Waals surface area contributed by atoms with E-state index in [0.717, 1.165) is 49.4 Å². The van der Waals surface area contributed by atoms with Gasteiger partial charge in [-0.05, 0) is 74.7 Å². The van der Waals surface area contributed by atoms with Gasteiger partial charge in [0.05, 0.1) is 11.9 Å². The number of hydrogen-bond acceptors (Lipinski definition) is 8. The van der Waals surface area contributed by atoms with Crippen LogP contribution in [-0.4, -0.2) is 75.4 Å². The summed E-state index contributed by atoms with van der Waals surface area (Å²) < 4.78 is 1.88. The molecule has 41 heavy (non-hydrogen) atoms. The van der Waals surface area contributed by atoms with E-state index in [4.69, 9.17) is 0 Å². The van der Waals surface area contributed by atoms with Crippen molar-refractivity contribution in [3.8, 4) is 11.4 Å². The van der Waals surface area contributed by atoms with Gasteiger partial charge in [-0.25, -0.2) is 9.67 Å². The molecule has 2 aromatic heterocycles. The highest BCUT2D eigenvalue weighted by Gasteiger charge is 2.28. The first-order valence-electron chi connectivity index (χ1n) is 14.3. The van der Waals surface area contributed by atoms with E-state index in [1.807, 2.05) is 66.1 Å². The normalized spacial score (nSPS) is 16.5. The highest BCUT2D eigenvalue weighted by Crippen LogP contribution is 2.31. The smallest absolute Gasteiger partial charge is 0.263 e. The fraction of sp³-hybridized carbons (Fsp3) is 0.355. The molecule has 1 fully saturated rings. The quantitative estimate of drug-likeness (QED) is 0.350. The summed E-state index contributed by atoms with van der Waals surface area (Å²) in [6.07, 6.45) is 7.76. The minimum Gasteiger partial charge on any atom is -0.508 e. The Balaban J connectivity index is 1.14. The molecule has 212 valence electrons. The monoisotopic (exact) mass is 552 g/mol. The number of phenolic OH excluding ortho intramolecular Hbond substituents is 1. The van der Waals surface area contributed by atoms with Crippen molar-refractivity contribution in [1.82, 2.24) is 24.6 Å². The number of carbonyl (C=O) groups excluding carboxylic acids is 1. The molecule has 4 aromatic rings. The lowest BCUT2D eigenvalue weighted by molar-refractivity contribution is 0.0989. The van der Waals surface area contributed by atoms with Crippen molar-refractivity contribution < 1.29 is 9.90 Å². The third kappa shape index (κ3) is 5.74. The molecule has 0 radical (unpaired) electrons. The second-order valence-electron chi connectivity index (χ2n) is 10.8. The van der Waals surface area contributed by atoms with Gasteiger partial charge in [0.25, 0.3) is 5.91 Å². The molecular formula is C31H36N8O2. The lowest BCUT2D eigenvalue weighted by atomic mass is 9.89. The number of carbonyl (C=O) groups is 1. The maximum atomic E-state index is 13.6. The van der Waals surface area contributed by atoms with E-state index < -0.39 is 0 Å². The molecule has 10 heteroatoms. The number of hydrogen-bond donors (Lipinski definition) is 2. The number of likely N-dealkylation sites (N-methyl/N-ethyl adjacent to an activating group) is 1. The van der Waals surface area contributed by atoms with Crippen LogP contribution >= 0.6 is 0 Å². The number of fused-ring (bicyclic) bond motifs is 1. The van der Waals surface area contributed by atoms with Crippen LogP contribution in [0, 0.1) is 0 Å². The first kappa shape index (κ1) is 26.8. The fourth-order valence-electron chi connectivity index (χ4n) is 5.75. The van der Waals surface area contributed by atoms with Crippen LogP contribution in [0.25, 0.3) is 5.69 Å². The van der Waals surface area contributed by atoms with Gasteiger partial charge in [-0.1, -0.05) is 18.2 Å². The molecule has 2 aliphatic heterocycles. The molecule has 0 aliphatic carbocycles. The van der Waals surface area contributed by atoms with Crippen molar-refractivity contribution in [2.75, 3.05) is 54.9 Å². The number of nitrogens with zero attached hydrogens (tertiary/aromatic N) is 7. The Hall–Kier alpha value is -4.44. The molecule has 10 nitrogen and oxygen atoms in total. The Labute approximate surface area is 240 Å². The summed E-state index contributed by atoms with van der Waals surface area (Å²) in [5, 5.41) is 17.6. The number of nitrogens with one attached hydrogen (secondary N) is 1. The van der Waals surface area contributed by atoms with Crippen molar-refractivity contribution in [2.24, 2.45) is 0 Å². The zero-order valence-electron chi connectivity index (χ0n) is 23.6. The van der Waals surface area contributed by atoms with E-state index in [9.17, 15) is 9.90 Å². The zero-order chi connectivity index (χ0) is 28.3. The molecule has 4 heterocycles. The van der Waals surface area contributed by atoms with Crippen LogP contribution in [-0.2, 0) is 6.54 Å². The standard InChI is InChI=1S/C31H36N8O2/c1-3-32-31-33-19-28-29(35-31)36(2)14-15-38(30(28)41)25-7-5-8-26(17-25)39-21-22(18-34-39)20-37-12-10-23(11-13-37)24-6-4-9-27(40)16-24/h4-9,16-19,21,23,40H,3,10-15,20H2,1-2H3,(H,32,33,35). The van der Waals surface area contributed by atoms with Crippen molar-refractivity contribution in [3.63, 3.8) is 0 Å². The lowest BCUT2D eigenvalue weighted by Crippen LogP contribution is -2.33. The summed E-state index contributed by atoms with van der Waals surface area (Å²) in [6.45, 7) is 6.75. The average molecular weight is 553 g/mol. The Bertz CT molecular complexity index is 1530. The van der Waals surface area contributed by atoms with E-state index in [1.54, 1.807) is 17.2 Å². The molecule has 0 saturated carbocycles. The minimum atomic E-state index is -0.111. The van der Waals surface area contributed by atoms with Gasteiger partial charge >= 0.3 is 0 Å². The number of anilines is 3. The molecule has 0 unspecified atom stereocenters. The molecule has 2 aromatic carbocycles. The molecule has 0 atom stereocenters. The lowest BCUT2D eigenvalue weighted by Gasteiger charge is -2.31. The van der Waals surface area contributed by atoms with Gasteiger partial charge in [0, 0.05) is 56.9 Å². The Morgan fingerprint density at radius 2 is 1.80 bits per heavy atom. The van der Waals surface area contributed by atoms with E-state index in [-0.39, 0.29) is 5.91 Å². The predicted octanol–water partition coefficient (Wildman–Crippen LogP) is 4.28. The summed E-state index contributed by atoms with van der Waals surface area (Å²) in [5.41, 5.74) is 4.59.